The zero-order chi connectivity index (χ0) is 47.8. The van der Waals surface area contributed by atoms with E-state index in [4.69, 9.17) is 37.3 Å². The van der Waals surface area contributed by atoms with Gasteiger partial charge in [0.05, 0.1) is 37.6 Å². The van der Waals surface area contributed by atoms with Crippen molar-refractivity contribution >= 4 is 11.9 Å². The van der Waals surface area contributed by atoms with E-state index in [1.165, 1.54) is 12.8 Å². The van der Waals surface area contributed by atoms with Crippen LogP contribution in [0, 0.1) is 0 Å². The van der Waals surface area contributed by atoms with Gasteiger partial charge in [-0.2, -0.15) is 0 Å². The molecule has 0 fully saturated rings. The van der Waals surface area contributed by atoms with Gasteiger partial charge in [-0.1, -0.05) is 105 Å². The number of benzene rings is 4. The second-order valence-electron chi connectivity index (χ2n) is 16.6. The van der Waals surface area contributed by atoms with Crippen molar-refractivity contribution in [2.75, 3.05) is 26.4 Å². The van der Waals surface area contributed by atoms with Crippen LogP contribution in [0.15, 0.2) is 93.8 Å². The van der Waals surface area contributed by atoms with Crippen molar-refractivity contribution in [3.63, 3.8) is 0 Å². The fraction of sp³-hybridized carbons (Fsp3) is 0.444. The SMILES string of the molecule is CCCCCCOc1ccc(C(=O)Oc2ccc(-c3nnc(-c4nnc(-c5ccc(OC(=O)c6ccc(OCCCCCC)c(OCCCCCC)c6)cc5)o4)o3)cc2)cc1OCCCCCC. The summed E-state index contributed by atoms with van der Waals surface area (Å²) in [4.78, 5) is 26.5. The molecule has 6 rings (SSSR count). The van der Waals surface area contributed by atoms with Gasteiger partial charge in [0.2, 0.25) is 11.8 Å². The molecule has 14 nitrogen and oxygen atoms in total. The lowest BCUT2D eigenvalue weighted by Crippen LogP contribution is -2.10. The van der Waals surface area contributed by atoms with Crippen LogP contribution in [0.4, 0.5) is 0 Å². The number of carbonyl (C=O) groups excluding carboxylic acids is 2. The molecule has 0 spiro atoms. The Morgan fingerprint density at radius 3 is 1.04 bits per heavy atom. The van der Waals surface area contributed by atoms with Gasteiger partial charge >= 0.3 is 23.7 Å². The maximum atomic E-state index is 13.3. The summed E-state index contributed by atoms with van der Waals surface area (Å²) in [7, 11) is 0. The molecule has 0 atom stereocenters. The minimum Gasteiger partial charge on any atom is -0.490 e. The Morgan fingerprint density at radius 1 is 0.382 bits per heavy atom. The van der Waals surface area contributed by atoms with Gasteiger partial charge in [-0.15, -0.1) is 20.4 Å². The molecule has 0 unspecified atom stereocenters. The van der Waals surface area contributed by atoms with Gasteiger partial charge in [-0.05, 0) is 111 Å². The molecular weight excluding hydrogens is 865 g/mol. The Morgan fingerprint density at radius 2 is 0.706 bits per heavy atom. The predicted molar refractivity (Wildman–Crippen MR) is 260 cm³/mol. The van der Waals surface area contributed by atoms with E-state index in [2.05, 4.69) is 48.1 Å². The number of nitrogens with zero attached hydrogens (tertiary/aromatic N) is 4. The molecule has 0 aliphatic heterocycles. The highest BCUT2D eigenvalue weighted by atomic mass is 16.5. The standard InChI is InChI=1S/C54H66N4O10/c1-5-9-13-17-33-61-45-31-25-41(37-47(45)63-35-19-15-11-7-3)53(59)65-43-27-21-39(22-28-43)49-55-57-51(67-49)52-58-56-50(68-52)40-23-29-44(30-24-40)66-54(60)42-26-32-46(62-34-18-14-10-6-2)48(38-42)64-36-20-16-12-8-4/h21-32,37-38H,5-20,33-36H2,1-4H3. The van der Waals surface area contributed by atoms with Crippen molar-refractivity contribution in [2.45, 2.75) is 130 Å². The Hall–Kier alpha value is -6.70. The summed E-state index contributed by atoms with van der Waals surface area (Å²) in [6, 6.07) is 23.7. The summed E-state index contributed by atoms with van der Waals surface area (Å²) in [6.07, 6.45) is 17.3. The van der Waals surface area contributed by atoms with E-state index in [9.17, 15) is 9.59 Å². The summed E-state index contributed by atoms with van der Waals surface area (Å²) in [5, 5.41) is 16.5. The van der Waals surface area contributed by atoms with E-state index in [-0.39, 0.29) is 23.6 Å². The van der Waals surface area contributed by atoms with E-state index in [0.717, 1.165) is 89.9 Å². The molecule has 0 aliphatic rings. The normalized spacial score (nSPS) is 11.1. The van der Waals surface area contributed by atoms with Crippen LogP contribution >= 0.6 is 0 Å². The molecule has 0 saturated carbocycles. The van der Waals surface area contributed by atoms with Crippen LogP contribution in [0.25, 0.3) is 34.7 Å². The molecular formula is C54H66N4O10. The number of ether oxygens (including phenoxy) is 6. The number of rotatable bonds is 31. The smallest absolute Gasteiger partial charge is 0.343 e. The van der Waals surface area contributed by atoms with Crippen LogP contribution in [0.1, 0.15) is 151 Å². The predicted octanol–water partition coefficient (Wildman–Crippen LogP) is 13.7. The van der Waals surface area contributed by atoms with E-state index >= 15 is 0 Å². The number of hydrogen-bond acceptors (Lipinski definition) is 14. The summed E-state index contributed by atoms with van der Waals surface area (Å²) in [5.74, 6) is 2.35. The van der Waals surface area contributed by atoms with Gasteiger partial charge < -0.3 is 37.3 Å². The molecule has 0 saturated heterocycles. The van der Waals surface area contributed by atoms with Crippen molar-refractivity contribution in [1.29, 1.82) is 0 Å². The third-order valence-corrected chi connectivity index (χ3v) is 11.0. The lowest BCUT2D eigenvalue weighted by atomic mass is 10.2. The maximum absolute atomic E-state index is 13.3. The van der Waals surface area contributed by atoms with Gasteiger partial charge in [0, 0.05) is 11.1 Å². The van der Waals surface area contributed by atoms with E-state index in [1.54, 1.807) is 84.9 Å². The second-order valence-corrected chi connectivity index (χ2v) is 16.6. The van der Waals surface area contributed by atoms with Crippen molar-refractivity contribution in [3.8, 4) is 69.2 Å². The molecule has 0 N–H and O–H groups in total. The highest BCUT2D eigenvalue weighted by molar-refractivity contribution is 5.92. The highest BCUT2D eigenvalue weighted by Gasteiger charge is 2.20. The average Bonchev–Trinajstić information content (AvgIpc) is 4.06. The topological polar surface area (TPSA) is 167 Å². The van der Waals surface area contributed by atoms with E-state index < -0.39 is 11.9 Å². The lowest BCUT2D eigenvalue weighted by Gasteiger charge is -2.14. The molecule has 2 aromatic heterocycles. The number of esters is 2. The minimum atomic E-state index is -0.529. The summed E-state index contributed by atoms with van der Waals surface area (Å²) >= 11 is 0. The molecule has 0 bridgehead atoms. The van der Waals surface area contributed by atoms with Crippen molar-refractivity contribution in [3.05, 3.63) is 96.1 Å². The van der Waals surface area contributed by atoms with Gasteiger partial charge in [-0.25, -0.2) is 9.59 Å². The van der Waals surface area contributed by atoms with E-state index in [0.29, 0.717) is 83.2 Å². The minimum absolute atomic E-state index is 0.0220. The second kappa shape index (κ2) is 27.8. The molecule has 0 aliphatic carbocycles. The van der Waals surface area contributed by atoms with Crippen molar-refractivity contribution in [1.82, 2.24) is 20.4 Å². The molecule has 14 heteroatoms. The van der Waals surface area contributed by atoms with Gasteiger partial charge in [0.1, 0.15) is 11.5 Å². The van der Waals surface area contributed by atoms with Crippen LogP contribution in [-0.4, -0.2) is 58.8 Å². The Balaban J connectivity index is 1.03. The third-order valence-electron chi connectivity index (χ3n) is 11.0. The summed E-state index contributed by atoms with van der Waals surface area (Å²) < 4.78 is 47.5. The van der Waals surface area contributed by atoms with Gasteiger partial charge in [0.15, 0.2) is 23.0 Å². The molecule has 6 aromatic rings. The first-order valence-electron chi connectivity index (χ1n) is 24.5. The van der Waals surface area contributed by atoms with E-state index in [1.807, 2.05) is 0 Å². The van der Waals surface area contributed by atoms with Crippen LogP contribution < -0.4 is 28.4 Å². The van der Waals surface area contributed by atoms with Crippen LogP contribution in [-0.2, 0) is 0 Å². The highest BCUT2D eigenvalue weighted by Crippen LogP contribution is 2.33. The Labute approximate surface area is 400 Å². The zero-order valence-electron chi connectivity index (χ0n) is 40.1. The zero-order valence-corrected chi connectivity index (χ0v) is 40.1. The fourth-order valence-electron chi connectivity index (χ4n) is 7.09. The average molecular weight is 931 g/mol. The number of carbonyl (C=O) groups is 2. The van der Waals surface area contributed by atoms with Crippen LogP contribution in [0.2, 0.25) is 0 Å². The summed E-state index contributed by atoms with van der Waals surface area (Å²) in [6.45, 7) is 10.9. The maximum Gasteiger partial charge on any atom is 0.343 e. The number of unbranched alkanes of at least 4 members (excludes halogenated alkanes) is 12. The first kappa shape index (κ1) is 50.7. The van der Waals surface area contributed by atoms with Gasteiger partial charge in [0.25, 0.3) is 0 Å². The lowest BCUT2D eigenvalue weighted by molar-refractivity contribution is 0.0724. The quantitative estimate of drug-likeness (QED) is 0.0229. The molecule has 362 valence electrons. The van der Waals surface area contributed by atoms with Crippen molar-refractivity contribution in [2.24, 2.45) is 0 Å². The third kappa shape index (κ3) is 15.7. The molecule has 4 aromatic carbocycles. The van der Waals surface area contributed by atoms with Crippen LogP contribution in [0.5, 0.6) is 34.5 Å². The Bertz CT molecular complexity index is 2260. The first-order valence-corrected chi connectivity index (χ1v) is 24.5. The largest absolute Gasteiger partial charge is 0.490 e. The fourth-order valence-corrected chi connectivity index (χ4v) is 7.09. The number of hydrogen-bond donors (Lipinski definition) is 0. The molecule has 2 heterocycles. The molecule has 68 heavy (non-hydrogen) atoms. The van der Waals surface area contributed by atoms with Gasteiger partial charge in [-0.3, -0.25) is 0 Å². The van der Waals surface area contributed by atoms with Crippen molar-refractivity contribution < 1.29 is 46.8 Å². The van der Waals surface area contributed by atoms with Crippen LogP contribution in [0.3, 0.4) is 0 Å². The monoisotopic (exact) mass is 930 g/mol. The first-order chi connectivity index (χ1) is 33.4. The number of aromatic nitrogens is 4. The summed E-state index contributed by atoms with van der Waals surface area (Å²) in [5.41, 5.74) is 1.86. The molecule has 0 amide bonds. The molecule has 0 radical (unpaired) electrons. The Kier molecular flexibility index (Phi) is 20.7.